The highest BCUT2D eigenvalue weighted by molar-refractivity contribution is 6.10. The van der Waals surface area contributed by atoms with Crippen LogP contribution in [0.15, 0.2) is 42.6 Å². The summed E-state index contributed by atoms with van der Waals surface area (Å²) in [6.45, 7) is 5.24. The maximum absolute atomic E-state index is 14.0. The number of nitrogens with zero attached hydrogens (tertiary/aromatic N) is 3. The molecule has 30 heavy (non-hydrogen) atoms. The molecule has 0 bridgehead atoms. The Hall–Kier alpha value is -3.10. The fourth-order valence-electron chi connectivity index (χ4n) is 3.27. The zero-order valence-electron chi connectivity index (χ0n) is 16.7. The van der Waals surface area contributed by atoms with Crippen molar-refractivity contribution >= 4 is 28.3 Å². The number of halogens is 1. The van der Waals surface area contributed by atoms with Crippen molar-refractivity contribution in [1.29, 1.82) is 0 Å². The van der Waals surface area contributed by atoms with Gasteiger partial charge >= 0.3 is 0 Å². The molecule has 0 saturated carbocycles. The quantitative estimate of drug-likeness (QED) is 0.362. The predicted octanol–water partition coefficient (Wildman–Crippen LogP) is 3.59. The molecule has 0 atom stereocenters. The molecule has 1 aliphatic heterocycles. The van der Waals surface area contributed by atoms with E-state index in [0.29, 0.717) is 42.1 Å². The van der Waals surface area contributed by atoms with Gasteiger partial charge < -0.3 is 9.64 Å². The van der Waals surface area contributed by atoms with Crippen molar-refractivity contribution in [2.24, 2.45) is 0 Å². The molecule has 3 aromatic rings. The lowest BCUT2D eigenvalue weighted by atomic mass is 10.0. The number of morpholine rings is 1. The number of nitrogens with one attached hydrogen (secondary N) is 1. The van der Waals surface area contributed by atoms with Gasteiger partial charge in [0.05, 0.1) is 42.7 Å². The Balaban J connectivity index is 1.61. The van der Waals surface area contributed by atoms with E-state index in [4.69, 9.17) is 9.57 Å². The van der Waals surface area contributed by atoms with E-state index < -0.39 is 5.82 Å². The summed E-state index contributed by atoms with van der Waals surface area (Å²) in [7, 11) is 0. The number of fused-ring (bicyclic) bond motifs is 1. The molecule has 7 nitrogen and oxygen atoms in total. The fourth-order valence-corrected chi connectivity index (χ4v) is 3.27. The van der Waals surface area contributed by atoms with Crippen LogP contribution in [-0.4, -0.2) is 48.7 Å². The van der Waals surface area contributed by atoms with Gasteiger partial charge in [0.25, 0.3) is 0 Å². The second-order valence-electron chi connectivity index (χ2n) is 7.04. The number of hydrogen-bond donors (Lipinski definition) is 1. The van der Waals surface area contributed by atoms with Gasteiger partial charge in [-0.05, 0) is 42.8 Å². The van der Waals surface area contributed by atoms with Gasteiger partial charge in [0, 0.05) is 24.2 Å². The summed E-state index contributed by atoms with van der Waals surface area (Å²) >= 11 is 0. The van der Waals surface area contributed by atoms with Crippen LogP contribution in [0.25, 0.3) is 11.0 Å². The molecule has 4 rings (SSSR count). The highest BCUT2D eigenvalue weighted by Gasteiger charge is 2.16. The molecule has 1 aliphatic rings. The first-order valence-corrected chi connectivity index (χ1v) is 9.96. The van der Waals surface area contributed by atoms with Crippen LogP contribution in [0.4, 0.5) is 15.9 Å². The summed E-state index contributed by atoms with van der Waals surface area (Å²) in [5, 5.41) is 0. The normalized spacial score (nSPS) is 14.1. The van der Waals surface area contributed by atoms with Crippen molar-refractivity contribution in [1.82, 2.24) is 9.97 Å². The molecule has 8 heteroatoms. The zero-order chi connectivity index (χ0) is 20.9. The lowest BCUT2D eigenvalue weighted by molar-refractivity contribution is 0.103. The summed E-state index contributed by atoms with van der Waals surface area (Å²) in [5.41, 5.74) is 5.03. The van der Waals surface area contributed by atoms with Crippen molar-refractivity contribution in [2.75, 3.05) is 43.3 Å². The minimum atomic E-state index is -0.515. The first-order valence-electron chi connectivity index (χ1n) is 9.96. The van der Waals surface area contributed by atoms with Crippen LogP contribution in [0.3, 0.4) is 0 Å². The second-order valence-corrected chi connectivity index (χ2v) is 7.04. The van der Waals surface area contributed by atoms with E-state index in [0.717, 1.165) is 25.3 Å². The molecule has 0 unspecified atom stereocenters. The Labute approximate surface area is 173 Å². The Morgan fingerprint density at radius 2 is 2.00 bits per heavy atom. The molecular weight excluding hydrogens is 387 g/mol. The van der Waals surface area contributed by atoms with E-state index >= 15 is 0 Å². The van der Waals surface area contributed by atoms with Crippen LogP contribution in [0.2, 0.25) is 0 Å². The predicted molar refractivity (Wildman–Crippen MR) is 112 cm³/mol. The number of hydrogen-bond acceptors (Lipinski definition) is 7. The highest BCUT2D eigenvalue weighted by Crippen LogP contribution is 2.21. The number of aromatic nitrogens is 2. The number of benzene rings is 2. The SMILES string of the molecule is CCCONc1cc(F)cc(C(=O)c2ccc3ncc(N4CCOCC4)nc3c2)c1. The van der Waals surface area contributed by atoms with Gasteiger partial charge in [-0.2, -0.15) is 0 Å². The fraction of sp³-hybridized carbons (Fsp3) is 0.318. The third-order valence-electron chi connectivity index (χ3n) is 4.78. The topological polar surface area (TPSA) is 76.6 Å². The lowest BCUT2D eigenvalue weighted by Crippen LogP contribution is -2.36. The van der Waals surface area contributed by atoms with E-state index in [1.165, 1.54) is 12.1 Å². The molecule has 0 aliphatic carbocycles. The average Bonchev–Trinajstić information content (AvgIpc) is 2.78. The zero-order valence-corrected chi connectivity index (χ0v) is 16.7. The Bertz CT molecular complexity index is 1050. The number of carbonyl (C=O) groups is 1. The Kier molecular flexibility index (Phi) is 6.15. The number of rotatable bonds is 7. The van der Waals surface area contributed by atoms with Gasteiger partial charge in [0.2, 0.25) is 0 Å². The molecule has 1 aromatic heterocycles. The number of anilines is 2. The average molecular weight is 410 g/mol. The van der Waals surface area contributed by atoms with E-state index in [1.807, 2.05) is 6.92 Å². The van der Waals surface area contributed by atoms with Crippen molar-refractivity contribution in [2.45, 2.75) is 13.3 Å². The number of carbonyl (C=O) groups excluding carboxylic acids is 1. The second kappa shape index (κ2) is 9.15. The Morgan fingerprint density at radius 3 is 2.80 bits per heavy atom. The van der Waals surface area contributed by atoms with Gasteiger partial charge in [-0.3, -0.25) is 20.1 Å². The van der Waals surface area contributed by atoms with E-state index in [-0.39, 0.29) is 11.3 Å². The third kappa shape index (κ3) is 4.55. The standard InChI is InChI=1S/C22H23FN4O3/c1-2-7-30-26-18-11-16(10-17(23)13-18)22(28)15-3-4-19-20(12-15)25-21(14-24-19)27-5-8-29-9-6-27/h3-4,10-14,26H,2,5-9H2,1H3. The number of ketones is 1. The lowest BCUT2D eigenvalue weighted by Gasteiger charge is -2.27. The van der Waals surface area contributed by atoms with Crippen molar-refractivity contribution in [3.63, 3.8) is 0 Å². The maximum atomic E-state index is 14.0. The summed E-state index contributed by atoms with van der Waals surface area (Å²) < 4.78 is 19.4. The largest absolute Gasteiger partial charge is 0.378 e. The highest BCUT2D eigenvalue weighted by atomic mass is 19.1. The molecule has 156 valence electrons. The molecule has 0 spiro atoms. The molecule has 1 fully saturated rings. The maximum Gasteiger partial charge on any atom is 0.193 e. The van der Waals surface area contributed by atoms with Crippen LogP contribution < -0.4 is 10.4 Å². The van der Waals surface area contributed by atoms with Crippen LogP contribution in [-0.2, 0) is 9.57 Å². The molecule has 1 saturated heterocycles. The third-order valence-corrected chi connectivity index (χ3v) is 4.78. The van der Waals surface area contributed by atoms with E-state index in [9.17, 15) is 9.18 Å². The number of ether oxygens (including phenoxy) is 1. The van der Waals surface area contributed by atoms with Crippen LogP contribution in [0, 0.1) is 5.82 Å². The first kappa shape index (κ1) is 20.2. The van der Waals surface area contributed by atoms with Gasteiger partial charge in [0.15, 0.2) is 5.78 Å². The summed E-state index contributed by atoms with van der Waals surface area (Å²) in [5.74, 6) is -0.0622. The van der Waals surface area contributed by atoms with Crippen molar-refractivity contribution in [3.05, 3.63) is 59.5 Å². The minimum Gasteiger partial charge on any atom is -0.378 e. The first-order chi connectivity index (χ1) is 14.6. The van der Waals surface area contributed by atoms with Crippen LogP contribution in [0.1, 0.15) is 29.3 Å². The van der Waals surface area contributed by atoms with Gasteiger partial charge in [0.1, 0.15) is 11.6 Å². The van der Waals surface area contributed by atoms with Crippen molar-refractivity contribution < 1.29 is 18.8 Å². The van der Waals surface area contributed by atoms with Crippen LogP contribution in [0.5, 0.6) is 0 Å². The van der Waals surface area contributed by atoms with Gasteiger partial charge in [-0.15, -0.1) is 0 Å². The monoisotopic (exact) mass is 410 g/mol. The Morgan fingerprint density at radius 1 is 1.17 bits per heavy atom. The molecule has 0 amide bonds. The molecule has 2 aromatic carbocycles. The summed E-state index contributed by atoms with van der Waals surface area (Å²) in [6.07, 6.45) is 2.55. The van der Waals surface area contributed by atoms with Gasteiger partial charge in [-0.1, -0.05) is 6.92 Å². The molecular formula is C22H23FN4O3. The van der Waals surface area contributed by atoms with E-state index in [2.05, 4.69) is 20.3 Å². The minimum absolute atomic E-state index is 0.231. The van der Waals surface area contributed by atoms with Gasteiger partial charge in [-0.25, -0.2) is 9.37 Å². The summed E-state index contributed by atoms with van der Waals surface area (Å²) in [4.78, 5) is 29.5. The smallest absolute Gasteiger partial charge is 0.193 e. The molecule has 2 heterocycles. The summed E-state index contributed by atoms with van der Waals surface area (Å²) in [6, 6.07) is 9.20. The van der Waals surface area contributed by atoms with E-state index in [1.54, 1.807) is 30.5 Å². The van der Waals surface area contributed by atoms with Crippen molar-refractivity contribution in [3.8, 4) is 0 Å². The van der Waals surface area contributed by atoms with Crippen LogP contribution >= 0.6 is 0 Å². The molecule has 1 N–H and O–H groups in total. The molecule has 0 radical (unpaired) electrons.